The zero-order chi connectivity index (χ0) is 18.6. The molecule has 2 saturated heterocycles. The van der Waals surface area contributed by atoms with Gasteiger partial charge in [0.25, 0.3) is 0 Å². The zero-order valence-electron chi connectivity index (χ0n) is 16.1. The van der Waals surface area contributed by atoms with Gasteiger partial charge in [0.1, 0.15) is 0 Å². The third kappa shape index (κ3) is 4.24. The van der Waals surface area contributed by atoms with Gasteiger partial charge in [0.05, 0.1) is 18.8 Å². The predicted octanol–water partition coefficient (Wildman–Crippen LogP) is 1.66. The van der Waals surface area contributed by atoms with Gasteiger partial charge in [-0.2, -0.15) is 5.10 Å². The highest BCUT2D eigenvalue weighted by atomic mass is 16.3. The summed E-state index contributed by atoms with van der Waals surface area (Å²) in [5, 5.41) is 13.6. The topological polar surface area (TPSA) is 65.3 Å². The molecule has 0 radical (unpaired) electrons. The Morgan fingerprint density at radius 3 is 2.70 bits per heavy atom. The number of likely N-dealkylation sites (tertiary alicyclic amines) is 1. The van der Waals surface area contributed by atoms with Gasteiger partial charge in [0, 0.05) is 36.8 Å². The smallest absolute Gasteiger partial charge is 0.0641 e. The molecule has 3 heterocycles. The van der Waals surface area contributed by atoms with E-state index in [4.69, 9.17) is 5.11 Å². The van der Waals surface area contributed by atoms with Crippen LogP contribution in [0.1, 0.15) is 35.6 Å². The first-order chi connectivity index (χ1) is 13.2. The Labute approximate surface area is 161 Å². The molecule has 2 aliphatic heterocycles. The minimum Gasteiger partial charge on any atom is -0.394 e. The van der Waals surface area contributed by atoms with Gasteiger partial charge in [-0.1, -0.05) is 30.3 Å². The molecule has 3 N–H and O–H groups in total. The van der Waals surface area contributed by atoms with E-state index in [1.807, 2.05) is 4.68 Å². The lowest BCUT2D eigenvalue weighted by molar-refractivity contribution is 0.151. The summed E-state index contributed by atoms with van der Waals surface area (Å²) in [5.41, 5.74) is 10.8. The van der Waals surface area contributed by atoms with Crippen LogP contribution < -0.4 is 10.9 Å². The van der Waals surface area contributed by atoms with E-state index < -0.39 is 0 Å². The number of aliphatic hydroxyl groups excluding tert-OH is 1. The molecule has 0 bridgehead atoms. The van der Waals surface area contributed by atoms with Crippen molar-refractivity contribution in [3.05, 3.63) is 53.3 Å². The van der Waals surface area contributed by atoms with Crippen LogP contribution in [0.5, 0.6) is 0 Å². The molecule has 0 amide bonds. The van der Waals surface area contributed by atoms with Crippen LogP contribution in [-0.4, -0.2) is 52.1 Å². The quantitative estimate of drug-likeness (QED) is 0.723. The molecule has 6 heteroatoms. The van der Waals surface area contributed by atoms with E-state index in [-0.39, 0.29) is 6.61 Å². The summed E-state index contributed by atoms with van der Waals surface area (Å²) in [6.45, 7) is 7.01. The number of nitrogens with zero attached hydrogens (tertiary/aromatic N) is 3. The van der Waals surface area contributed by atoms with E-state index in [0.717, 1.165) is 31.9 Å². The van der Waals surface area contributed by atoms with Crippen LogP contribution in [0, 0.1) is 12.8 Å². The Morgan fingerprint density at radius 1 is 1.19 bits per heavy atom. The second kappa shape index (κ2) is 8.52. The Kier molecular flexibility index (Phi) is 5.88. The van der Waals surface area contributed by atoms with Crippen LogP contribution in [-0.2, 0) is 13.1 Å². The highest BCUT2D eigenvalue weighted by Gasteiger charge is 2.36. The lowest BCUT2D eigenvalue weighted by atomic mass is 9.80. The van der Waals surface area contributed by atoms with Gasteiger partial charge in [-0.25, -0.2) is 0 Å². The van der Waals surface area contributed by atoms with Gasteiger partial charge in [-0.05, 0) is 44.3 Å². The van der Waals surface area contributed by atoms with E-state index in [1.165, 1.54) is 24.0 Å². The first-order valence-corrected chi connectivity index (χ1v) is 10.1. The number of hydrogen-bond acceptors (Lipinski definition) is 5. The first-order valence-electron chi connectivity index (χ1n) is 10.1. The maximum Gasteiger partial charge on any atom is 0.0641 e. The second-order valence-corrected chi connectivity index (χ2v) is 7.91. The summed E-state index contributed by atoms with van der Waals surface area (Å²) in [6, 6.07) is 11.4. The van der Waals surface area contributed by atoms with Gasteiger partial charge in [-0.3, -0.25) is 20.4 Å². The number of piperidine rings is 1. The number of nitrogens with one attached hydrogen (secondary N) is 2. The van der Waals surface area contributed by atoms with Gasteiger partial charge in [0.2, 0.25) is 0 Å². The normalized spacial score (nSPS) is 24.5. The fourth-order valence-corrected chi connectivity index (χ4v) is 4.63. The van der Waals surface area contributed by atoms with Crippen LogP contribution in [0.4, 0.5) is 0 Å². The number of rotatable bonds is 6. The molecular weight excluding hydrogens is 338 g/mol. The van der Waals surface area contributed by atoms with Gasteiger partial charge >= 0.3 is 0 Å². The molecule has 0 spiro atoms. The van der Waals surface area contributed by atoms with E-state index >= 15 is 0 Å². The Balaban J connectivity index is 1.33. The van der Waals surface area contributed by atoms with Gasteiger partial charge in [0.15, 0.2) is 0 Å². The lowest BCUT2D eigenvalue weighted by Gasteiger charge is -2.36. The van der Waals surface area contributed by atoms with Crippen molar-refractivity contribution in [1.82, 2.24) is 25.5 Å². The summed E-state index contributed by atoms with van der Waals surface area (Å²) in [5.74, 6) is 1.27. The molecule has 1 aromatic carbocycles. The van der Waals surface area contributed by atoms with Crippen molar-refractivity contribution < 1.29 is 5.11 Å². The number of aryl methyl sites for hydroxylation is 1. The summed E-state index contributed by atoms with van der Waals surface area (Å²) < 4.78 is 1.86. The number of hydrogen-bond donors (Lipinski definition) is 3. The molecule has 146 valence electrons. The van der Waals surface area contributed by atoms with Crippen LogP contribution in [0.3, 0.4) is 0 Å². The highest BCUT2D eigenvalue weighted by molar-refractivity contribution is 5.23. The number of hydrazine groups is 1. The molecule has 4 rings (SSSR count). The molecule has 2 atom stereocenters. The monoisotopic (exact) mass is 369 g/mol. The molecular formula is C21H31N5O. The van der Waals surface area contributed by atoms with Crippen LogP contribution >= 0.6 is 0 Å². The van der Waals surface area contributed by atoms with Crippen LogP contribution in [0.2, 0.25) is 0 Å². The first kappa shape index (κ1) is 18.6. The molecule has 2 fully saturated rings. The highest BCUT2D eigenvalue weighted by Crippen LogP contribution is 2.32. The number of aliphatic hydroxyl groups is 1. The molecule has 0 aliphatic carbocycles. The average molecular weight is 370 g/mol. The minimum absolute atomic E-state index is 0.136. The maximum absolute atomic E-state index is 9.10. The minimum atomic E-state index is 0.136. The maximum atomic E-state index is 9.10. The third-order valence-electron chi connectivity index (χ3n) is 6.16. The van der Waals surface area contributed by atoms with Crippen molar-refractivity contribution in [2.75, 3.05) is 26.2 Å². The molecule has 27 heavy (non-hydrogen) atoms. The number of benzene rings is 1. The SMILES string of the molecule is Cc1nn(CCO)cc1CN1CCC(C2NNCC2c2ccccc2)CC1. The van der Waals surface area contributed by atoms with Crippen molar-refractivity contribution in [3.63, 3.8) is 0 Å². The third-order valence-corrected chi connectivity index (χ3v) is 6.16. The van der Waals surface area contributed by atoms with Crippen molar-refractivity contribution in [2.45, 2.75) is 44.8 Å². The van der Waals surface area contributed by atoms with Crippen molar-refractivity contribution in [3.8, 4) is 0 Å². The van der Waals surface area contributed by atoms with E-state index in [1.54, 1.807) is 0 Å². The molecule has 2 aliphatic rings. The van der Waals surface area contributed by atoms with Crippen molar-refractivity contribution in [1.29, 1.82) is 0 Å². The fourth-order valence-electron chi connectivity index (χ4n) is 4.63. The molecule has 0 saturated carbocycles. The standard InChI is InChI=1S/C21H31N5O/c1-16-19(15-26(24-16)11-12-27)14-25-9-7-18(8-10-25)21-20(13-22-23-21)17-5-3-2-4-6-17/h2-6,15,18,20-23,27H,7-14H2,1H3. The average Bonchev–Trinajstić information content (AvgIpc) is 3.31. The van der Waals surface area contributed by atoms with Crippen molar-refractivity contribution >= 4 is 0 Å². The lowest BCUT2D eigenvalue weighted by Crippen LogP contribution is -2.44. The largest absolute Gasteiger partial charge is 0.394 e. The molecule has 1 aromatic heterocycles. The fraction of sp³-hybridized carbons (Fsp3) is 0.571. The van der Waals surface area contributed by atoms with Gasteiger partial charge < -0.3 is 5.11 Å². The number of aromatic nitrogens is 2. The molecule has 6 nitrogen and oxygen atoms in total. The predicted molar refractivity (Wildman–Crippen MR) is 106 cm³/mol. The molecule has 2 aromatic rings. The Hall–Kier alpha value is -1.73. The Bertz CT molecular complexity index is 723. The van der Waals surface area contributed by atoms with Gasteiger partial charge in [-0.15, -0.1) is 0 Å². The summed E-state index contributed by atoms with van der Waals surface area (Å²) in [7, 11) is 0. The summed E-state index contributed by atoms with van der Waals surface area (Å²) in [6.07, 6.45) is 4.55. The second-order valence-electron chi connectivity index (χ2n) is 7.91. The van der Waals surface area contributed by atoms with Crippen molar-refractivity contribution in [2.24, 2.45) is 5.92 Å². The summed E-state index contributed by atoms with van der Waals surface area (Å²) in [4.78, 5) is 2.55. The van der Waals surface area contributed by atoms with E-state index in [9.17, 15) is 0 Å². The van der Waals surface area contributed by atoms with Crippen LogP contribution in [0.25, 0.3) is 0 Å². The Morgan fingerprint density at radius 2 is 1.96 bits per heavy atom. The van der Waals surface area contributed by atoms with E-state index in [2.05, 4.69) is 64.3 Å². The zero-order valence-corrected chi connectivity index (χ0v) is 16.1. The molecule has 2 unspecified atom stereocenters. The van der Waals surface area contributed by atoms with E-state index in [0.29, 0.717) is 24.4 Å². The summed E-state index contributed by atoms with van der Waals surface area (Å²) >= 11 is 0. The van der Waals surface area contributed by atoms with Crippen LogP contribution in [0.15, 0.2) is 36.5 Å².